The van der Waals surface area contributed by atoms with Gasteiger partial charge in [-0.1, -0.05) is 5.16 Å². The minimum atomic E-state index is -1.03. The third kappa shape index (κ3) is 3.31. The van der Waals surface area contributed by atoms with Crippen LogP contribution in [0.5, 0.6) is 0 Å². The quantitative estimate of drug-likeness (QED) is 0.633. The molecule has 0 saturated carbocycles. The second-order valence-electron chi connectivity index (χ2n) is 5.73. The van der Waals surface area contributed by atoms with Crippen molar-refractivity contribution < 1.29 is 18.6 Å². The molecule has 0 fully saturated rings. The molecule has 2 amide bonds. The number of rotatable bonds is 5. The lowest BCUT2D eigenvalue weighted by molar-refractivity contribution is -0.385. The number of hydrogen-bond acceptors (Lipinski definition) is 6. The van der Waals surface area contributed by atoms with Gasteiger partial charge in [-0.25, -0.2) is 9.18 Å². The van der Waals surface area contributed by atoms with Crippen LogP contribution in [0.4, 0.5) is 14.9 Å². The Morgan fingerprint density at radius 1 is 1.50 bits per heavy atom. The van der Waals surface area contributed by atoms with Gasteiger partial charge in [-0.15, -0.1) is 0 Å². The average molecular weight is 337 g/mol. The number of non-ortho nitro benzene ring substituents is 1. The summed E-state index contributed by atoms with van der Waals surface area (Å²) in [5.41, 5.74) is 3.82. The smallest absolute Gasteiger partial charge is 0.312 e. The predicted octanol–water partition coefficient (Wildman–Crippen LogP) is 2.17. The van der Waals surface area contributed by atoms with E-state index < -0.39 is 28.2 Å². The van der Waals surface area contributed by atoms with Crippen LogP contribution in [0.25, 0.3) is 0 Å². The van der Waals surface area contributed by atoms with Crippen molar-refractivity contribution in [3.05, 3.63) is 51.4 Å². The van der Waals surface area contributed by atoms with E-state index >= 15 is 0 Å². The van der Waals surface area contributed by atoms with Crippen LogP contribution in [0.1, 0.15) is 44.1 Å². The Bertz CT molecular complexity index is 789. The largest absolute Gasteiger partial charge is 0.352 e. The molecule has 3 N–H and O–H groups in total. The number of nitro benzene ring substituents is 1. The molecule has 2 aromatic rings. The molecule has 9 nitrogen and oxygen atoms in total. The fraction of sp³-hybridized carbons (Fsp3) is 0.357. The Morgan fingerprint density at radius 3 is 2.71 bits per heavy atom. The molecule has 0 aliphatic heterocycles. The highest BCUT2D eigenvalue weighted by atomic mass is 19.1. The summed E-state index contributed by atoms with van der Waals surface area (Å²) in [4.78, 5) is 25.0. The second-order valence-corrected chi connectivity index (χ2v) is 5.73. The summed E-state index contributed by atoms with van der Waals surface area (Å²) in [5, 5.41) is 16.9. The van der Waals surface area contributed by atoms with Gasteiger partial charge in [0.05, 0.1) is 22.4 Å². The highest BCUT2D eigenvalue weighted by Crippen LogP contribution is 2.33. The average Bonchev–Trinajstić information content (AvgIpc) is 2.96. The van der Waals surface area contributed by atoms with E-state index in [1.165, 1.54) is 12.1 Å². The van der Waals surface area contributed by atoms with Crippen LogP contribution in [0.3, 0.4) is 0 Å². The van der Waals surface area contributed by atoms with Crippen molar-refractivity contribution in [2.45, 2.75) is 32.2 Å². The Morgan fingerprint density at radius 2 is 2.17 bits per heavy atom. The topological polar surface area (TPSA) is 137 Å². The van der Waals surface area contributed by atoms with Gasteiger partial charge in [0.2, 0.25) is 5.89 Å². The molecule has 1 heterocycles. The first-order valence-corrected chi connectivity index (χ1v) is 6.97. The van der Waals surface area contributed by atoms with Crippen LogP contribution in [0, 0.1) is 15.9 Å². The van der Waals surface area contributed by atoms with Crippen LogP contribution < -0.4 is 11.1 Å². The van der Waals surface area contributed by atoms with Gasteiger partial charge < -0.3 is 15.6 Å². The molecule has 0 unspecified atom stereocenters. The van der Waals surface area contributed by atoms with Crippen molar-refractivity contribution in [2.75, 3.05) is 0 Å². The predicted molar refractivity (Wildman–Crippen MR) is 80.6 cm³/mol. The van der Waals surface area contributed by atoms with Gasteiger partial charge in [-0.3, -0.25) is 10.1 Å². The summed E-state index contributed by atoms with van der Waals surface area (Å²) < 4.78 is 19.4. The number of benzene rings is 1. The number of primary amides is 1. The zero-order valence-electron chi connectivity index (χ0n) is 13.2. The summed E-state index contributed by atoms with van der Waals surface area (Å²) in [7, 11) is 0. The maximum atomic E-state index is 14.3. The number of amides is 2. The van der Waals surface area contributed by atoms with Crippen molar-refractivity contribution in [1.82, 2.24) is 15.5 Å². The van der Waals surface area contributed by atoms with Gasteiger partial charge in [0.1, 0.15) is 5.82 Å². The van der Waals surface area contributed by atoms with Crippen LogP contribution in [-0.2, 0) is 5.41 Å². The molecule has 0 bridgehead atoms. The van der Waals surface area contributed by atoms with Crippen LogP contribution in [-0.4, -0.2) is 21.1 Å². The van der Waals surface area contributed by atoms with Crippen LogP contribution in [0.15, 0.2) is 22.7 Å². The number of nitrogens with two attached hydrogens (primary N) is 1. The lowest BCUT2D eigenvalue weighted by Crippen LogP contribution is -2.32. The molecular weight excluding hydrogens is 321 g/mol. The lowest BCUT2D eigenvalue weighted by Gasteiger charge is -2.20. The summed E-state index contributed by atoms with van der Waals surface area (Å²) in [6, 6.07) is 2.02. The maximum Gasteiger partial charge on any atom is 0.312 e. The Hall–Kier alpha value is -3.04. The van der Waals surface area contributed by atoms with E-state index in [4.69, 9.17) is 10.3 Å². The molecule has 0 saturated heterocycles. The Labute approximate surface area is 136 Å². The number of hydrogen-bond donors (Lipinski definition) is 2. The molecule has 0 spiro atoms. The molecule has 0 radical (unpaired) electrons. The number of halogens is 1. The van der Waals surface area contributed by atoms with E-state index in [1.54, 1.807) is 20.8 Å². The van der Waals surface area contributed by atoms with E-state index in [1.807, 2.05) is 0 Å². The van der Waals surface area contributed by atoms with Gasteiger partial charge in [0.25, 0.3) is 5.69 Å². The maximum absolute atomic E-state index is 14.3. The number of aromatic nitrogens is 2. The Kier molecular flexibility index (Phi) is 4.49. The van der Waals surface area contributed by atoms with E-state index in [0.29, 0.717) is 0 Å². The van der Waals surface area contributed by atoms with E-state index in [-0.39, 0.29) is 23.0 Å². The minimum Gasteiger partial charge on any atom is -0.352 e. The number of nitro groups is 1. The van der Waals surface area contributed by atoms with E-state index in [0.717, 1.165) is 6.07 Å². The van der Waals surface area contributed by atoms with Gasteiger partial charge in [-0.05, 0) is 26.8 Å². The second kappa shape index (κ2) is 6.22. The third-order valence-electron chi connectivity index (χ3n) is 3.56. The molecule has 10 heteroatoms. The van der Waals surface area contributed by atoms with Gasteiger partial charge in [-0.2, -0.15) is 4.98 Å². The van der Waals surface area contributed by atoms with Crippen molar-refractivity contribution in [3.63, 3.8) is 0 Å². The fourth-order valence-electron chi connectivity index (χ4n) is 2.18. The third-order valence-corrected chi connectivity index (χ3v) is 3.56. The van der Waals surface area contributed by atoms with E-state index in [2.05, 4.69) is 15.5 Å². The number of nitrogens with zero attached hydrogens (tertiary/aromatic N) is 3. The zero-order chi connectivity index (χ0) is 18.1. The number of nitrogens with one attached hydrogen (secondary N) is 1. The molecular formula is C14H16FN5O4. The molecule has 2 rings (SSSR count). The van der Waals surface area contributed by atoms with Crippen molar-refractivity contribution in [2.24, 2.45) is 5.73 Å². The molecule has 1 aromatic heterocycles. The fourth-order valence-corrected chi connectivity index (χ4v) is 2.18. The van der Waals surface area contributed by atoms with Gasteiger partial charge >= 0.3 is 6.03 Å². The van der Waals surface area contributed by atoms with Crippen molar-refractivity contribution in [1.29, 1.82) is 0 Å². The highest BCUT2D eigenvalue weighted by Gasteiger charge is 2.34. The number of urea groups is 1. The summed E-state index contributed by atoms with van der Waals surface area (Å²) in [5.74, 6) is -0.472. The minimum absolute atomic E-state index is 0.100. The van der Waals surface area contributed by atoms with Crippen LogP contribution >= 0.6 is 0 Å². The lowest BCUT2D eigenvalue weighted by atomic mass is 9.84. The van der Waals surface area contributed by atoms with E-state index in [9.17, 15) is 19.3 Å². The first-order valence-electron chi connectivity index (χ1n) is 6.97. The standard InChI is InChI=1S/C14H16FN5O4/c1-7(17-13(16)21)11-18-12(24-19-11)14(2,3)9-5-4-8(20(22)23)6-10(9)15/h4-7H,1-3H3,(H3,16,17,21)/t7-/m0/s1. The first-order chi connectivity index (χ1) is 11.1. The molecule has 1 aromatic carbocycles. The summed E-state index contributed by atoms with van der Waals surface area (Å²) in [6.07, 6.45) is 0. The molecule has 0 aliphatic rings. The summed E-state index contributed by atoms with van der Waals surface area (Å²) >= 11 is 0. The molecule has 0 aliphatic carbocycles. The SMILES string of the molecule is C[C@H](NC(N)=O)c1noc(C(C)(C)c2ccc([N+](=O)[O-])cc2F)n1. The monoisotopic (exact) mass is 337 g/mol. The normalized spacial score (nSPS) is 12.7. The highest BCUT2D eigenvalue weighted by molar-refractivity contribution is 5.71. The van der Waals surface area contributed by atoms with Crippen molar-refractivity contribution >= 4 is 11.7 Å². The van der Waals surface area contributed by atoms with Crippen molar-refractivity contribution in [3.8, 4) is 0 Å². The molecule has 128 valence electrons. The Balaban J connectivity index is 2.35. The van der Waals surface area contributed by atoms with Gasteiger partial charge in [0, 0.05) is 11.6 Å². The molecule has 1 atom stereocenters. The van der Waals surface area contributed by atoms with Crippen LogP contribution in [0.2, 0.25) is 0 Å². The summed E-state index contributed by atoms with van der Waals surface area (Å²) in [6.45, 7) is 4.89. The first kappa shape index (κ1) is 17.3. The van der Waals surface area contributed by atoms with Gasteiger partial charge in [0.15, 0.2) is 5.82 Å². The zero-order valence-corrected chi connectivity index (χ0v) is 13.2. The number of carbonyl (C=O) groups is 1. The molecule has 24 heavy (non-hydrogen) atoms. The number of carbonyl (C=O) groups excluding carboxylic acids is 1.